The van der Waals surface area contributed by atoms with Crippen molar-refractivity contribution >= 4 is 11.8 Å². The zero-order valence-electron chi connectivity index (χ0n) is 29.3. The van der Waals surface area contributed by atoms with Gasteiger partial charge in [0, 0.05) is 30.6 Å². The second-order valence-electron chi connectivity index (χ2n) is 13.7. The summed E-state index contributed by atoms with van der Waals surface area (Å²) in [4.78, 5) is 23.0. The van der Waals surface area contributed by atoms with Crippen LogP contribution in [0.15, 0.2) is 49.6 Å². The fourth-order valence-corrected chi connectivity index (χ4v) is 5.21. The van der Waals surface area contributed by atoms with Crippen LogP contribution in [0.2, 0.25) is 0 Å². The van der Waals surface area contributed by atoms with Crippen LogP contribution < -0.4 is 20.1 Å². The summed E-state index contributed by atoms with van der Waals surface area (Å²) in [5.41, 5.74) is 7.15. The van der Waals surface area contributed by atoms with Gasteiger partial charge in [-0.1, -0.05) is 92.8 Å². The van der Waals surface area contributed by atoms with Crippen molar-refractivity contribution in [2.75, 3.05) is 26.3 Å². The van der Waals surface area contributed by atoms with Gasteiger partial charge in [-0.3, -0.25) is 9.59 Å². The summed E-state index contributed by atoms with van der Waals surface area (Å²) in [6.07, 6.45) is 8.49. The van der Waals surface area contributed by atoms with Gasteiger partial charge in [0.1, 0.15) is 11.5 Å². The Morgan fingerprint density at radius 1 is 0.667 bits per heavy atom. The van der Waals surface area contributed by atoms with Crippen molar-refractivity contribution in [3.63, 3.8) is 0 Å². The average molecular weight is 619 g/mol. The Kier molecular flexibility index (Phi) is 14.9. The number of hydrogen-bond donors (Lipinski definition) is 2. The Morgan fingerprint density at radius 3 is 1.36 bits per heavy atom. The Balaban J connectivity index is 2.48. The van der Waals surface area contributed by atoms with Crippen LogP contribution in [-0.2, 0) is 39.7 Å². The lowest BCUT2D eigenvalue weighted by molar-refractivity contribution is -0.117. The molecule has 0 saturated heterocycles. The van der Waals surface area contributed by atoms with Gasteiger partial charge in [-0.25, -0.2) is 0 Å². The molecular weight excluding hydrogens is 560 g/mol. The SMILES string of the molecule is C=CC(=O)NCCCCOc1c(Cc2cc(CC)cc(C(C)(C)C)c2OCCCCNC(=O)C=C)cc(CC)cc1C(C)(C)C. The van der Waals surface area contributed by atoms with Crippen LogP contribution in [0.4, 0.5) is 0 Å². The van der Waals surface area contributed by atoms with E-state index in [0.717, 1.165) is 50.0 Å². The molecule has 0 atom stereocenters. The van der Waals surface area contributed by atoms with Crippen LogP contribution >= 0.6 is 0 Å². The monoisotopic (exact) mass is 618 g/mol. The summed E-state index contributed by atoms with van der Waals surface area (Å²) in [5, 5.41) is 5.69. The highest BCUT2D eigenvalue weighted by molar-refractivity contribution is 5.87. The van der Waals surface area contributed by atoms with Crippen molar-refractivity contribution < 1.29 is 19.1 Å². The maximum Gasteiger partial charge on any atom is 0.243 e. The summed E-state index contributed by atoms with van der Waals surface area (Å²) in [6, 6.07) is 9.20. The largest absolute Gasteiger partial charge is 0.493 e. The van der Waals surface area contributed by atoms with E-state index in [4.69, 9.17) is 9.47 Å². The van der Waals surface area contributed by atoms with Crippen molar-refractivity contribution in [3.05, 3.63) is 83.0 Å². The highest BCUT2D eigenvalue weighted by atomic mass is 16.5. The van der Waals surface area contributed by atoms with Gasteiger partial charge in [0.15, 0.2) is 0 Å². The molecular formula is C39H58N2O4. The minimum atomic E-state index is -0.148. The first-order valence-corrected chi connectivity index (χ1v) is 16.6. The molecule has 2 rings (SSSR count). The molecule has 0 spiro atoms. The molecule has 6 heteroatoms. The van der Waals surface area contributed by atoms with Gasteiger partial charge in [-0.15, -0.1) is 0 Å². The summed E-state index contributed by atoms with van der Waals surface area (Å²) < 4.78 is 13.3. The number of nitrogens with one attached hydrogen (secondary N) is 2. The molecule has 6 nitrogen and oxygen atoms in total. The van der Waals surface area contributed by atoms with E-state index in [2.05, 4.69) is 103 Å². The molecule has 2 amide bonds. The Hall–Kier alpha value is -3.54. The van der Waals surface area contributed by atoms with Crippen molar-refractivity contribution in [1.82, 2.24) is 10.6 Å². The van der Waals surface area contributed by atoms with Crippen molar-refractivity contribution in [3.8, 4) is 11.5 Å². The van der Waals surface area contributed by atoms with E-state index >= 15 is 0 Å². The number of unbranched alkanes of at least 4 members (excludes halogenated alkanes) is 2. The molecule has 0 radical (unpaired) electrons. The van der Waals surface area contributed by atoms with Gasteiger partial charge < -0.3 is 20.1 Å². The maximum atomic E-state index is 11.5. The molecule has 0 aliphatic rings. The minimum absolute atomic E-state index is 0.102. The van der Waals surface area contributed by atoms with E-state index < -0.39 is 0 Å². The fourth-order valence-electron chi connectivity index (χ4n) is 5.21. The third-order valence-corrected chi connectivity index (χ3v) is 7.87. The molecule has 0 fully saturated rings. The van der Waals surface area contributed by atoms with Gasteiger partial charge in [-0.05, 0) is 83.8 Å². The number of ether oxygens (including phenoxy) is 2. The van der Waals surface area contributed by atoms with Crippen molar-refractivity contribution in [2.24, 2.45) is 0 Å². The number of aryl methyl sites for hydroxylation is 2. The standard InChI is InChI=1S/C39H58N2O4/c1-11-28-23-30(36(32(25-28)38(5,6)7)44-21-17-15-19-40-34(42)13-3)27-31-24-29(12-2)26-33(39(8,9)10)37(31)45-22-18-16-20-41-35(43)14-4/h13-14,23-26H,3-4,11-12,15-22,27H2,1-2,5-10H3,(H,40,42)(H,41,43). The zero-order chi connectivity index (χ0) is 33.6. The Morgan fingerprint density at radius 2 is 1.04 bits per heavy atom. The normalized spacial score (nSPS) is 11.6. The van der Waals surface area contributed by atoms with E-state index in [1.165, 1.54) is 45.5 Å². The van der Waals surface area contributed by atoms with E-state index in [9.17, 15) is 9.59 Å². The highest BCUT2D eigenvalue weighted by Crippen LogP contribution is 2.41. The number of carbonyl (C=O) groups excluding carboxylic acids is 2. The summed E-state index contributed by atoms with van der Waals surface area (Å²) >= 11 is 0. The van der Waals surface area contributed by atoms with E-state index in [0.29, 0.717) is 32.7 Å². The molecule has 2 aromatic carbocycles. The van der Waals surface area contributed by atoms with Crippen LogP contribution in [0.25, 0.3) is 0 Å². The summed E-state index contributed by atoms with van der Waals surface area (Å²) in [6.45, 7) is 27.2. The molecule has 45 heavy (non-hydrogen) atoms. The van der Waals surface area contributed by atoms with Crippen LogP contribution in [0.3, 0.4) is 0 Å². The molecule has 0 unspecified atom stereocenters. The van der Waals surface area contributed by atoms with Gasteiger partial charge in [0.2, 0.25) is 11.8 Å². The predicted octanol–water partition coefficient (Wildman–Crippen LogP) is 7.92. The summed E-state index contributed by atoms with van der Waals surface area (Å²) in [7, 11) is 0. The number of amides is 2. The number of benzene rings is 2. The number of rotatable bonds is 18. The first-order valence-electron chi connectivity index (χ1n) is 16.6. The molecule has 0 aromatic heterocycles. The minimum Gasteiger partial charge on any atom is -0.493 e. The van der Waals surface area contributed by atoms with Gasteiger partial charge in [0.25, 0.3) is 0 Å². The summed E-state index contributed by atoms with van der Waals surface area (Å²) in [5.74, 6) is 1.62. The quantitative estimate of drug-likeness (QED) is 0.131. The lowest BCUT2D eigenvalue weighted by Gasteiger charge is -2.28. The van der Waals surface area contributed by atoms with E-state index in [1.807, 2.05) is 0 Å². The van der Waals surface area contributed by atoms with Crippen LogP contribution in [-0.4, -0.2) is 38.1 Å². The lowest BCUT2D eigenvalue weighted by atomic mass is 9.81. The van der Waals surface area contributed by atoms with Crippen LogP contribution in [0.5, 0.6) is 11.5 Å². The first kappa shape index (κ1) is 37.6. The Bertz CT molecular complexity index is 1200. The number of hydrogen-bond acceptors (Lipinski definition) is 4. The highest BCUT2D eigenvalue weighted by Gasteiger charge is 2.26. The Labute approximate surface area is 273 Å². The van der Waals surface area contributed by atoms with Gasteiger partial charge in [-0.2, -0.15) is 0 Å². The molecule has 0 bridgehead atoms. The molecule has 0 saturated carbocycles. The molecule has 0 aliphatic heterocycles. The smallest absolute Gasteiger partial charge is 0.243 e. The first-order chi connectivity index (χ1) is 21.2. The lowest BCUT2D eigenvalue weighted by Crippen LogP contribution is -2.22. The second kappa shape index (κ2) is 17.8. The fraction of sp³-hybridized carbons (Fsp3) is 0.538. The third-order valence-electron chi connectivity index (χ3n) is 7.87. The van der Waals surface area contributed by atoms with Crippen molar-refractivity contribution in [1.29, 1.82) is 0 Å². The number of carbonyl (C=O) groups is 2. The van der Waals surface area contributed by atoms with E-state index in [-0.39, 0.29) is 22.6 Å². The van der Waals surface area contributed by atoms with Crippen molar-refractivity contribution in [2.45, 2.75) is 111 Å². The third kappa shape index (κ3) is 12.1. The topological polar surface area (TPSA) is 76.7 Å². The maximum absolute atomic E-state index is 11.5. The average Bonchev–Trinajstić information content (AvgIpc) is 2.99. The van der Waals surface area contributed by atoms with Gasteiger partial charge >= 0.3 is 0 Å². The molecule has 0 aliphatic carbocycles. The van der Waals surface area contributed by atoms with E-state index in [1.54, 1.807) is 0 Å². The molecule has 2 aromatic rings. The molecule has 2 N–H and O–H groups in total. The van der Waals surface area contributed by atoms with Gasteiger partial charge in [0.05, 0.1) is 13.2 Å². The molecule has 0 heterocycles. The van der Waals surface area contributed by atoms with Crippen LogP contribution in [0.1, 0.15) is 114 Å². The predicted molar refractivity (Wildman–Crippen MR) is 188 cm³/mol. The zero-order valence-corrected chi connectivity index (χ0v) is 29.3. The van der Waals surface area contributed by atoms with Crippen LogP contribution in [0, 0.1) is 0 Å². The second-order valence-corrected chi connectivity index (χ2v) is 13.7. The molecule has 248 valence electrons.